The maximum absolute atomic E-state index is 12.5. The first kappa shape index (κ1) is 19.1. The average Bonchev–Trinajstić information content (AvgIpc) is 2.62. The molecule has 0 aromatic heterocycles. The molecular formula is C20H20O6. The van der Waals surface area contributed by atoms with E-state index in [1.165, 1.54) is 18.2 Å². The van der Waals surface area contributed by atoms with Crippen molar-refractivity contribution in [3.05, 3.63) is 60.7 Å². The third-order valence-electron chi connectivity index (χ3n) is 3.18. The maximum Gasteiger partial charge on any atom is 0.347 e. The first-order chi connectivity index (χ1) is 12.6. The molecule has 0 spiro atoms. The van der Waals surface area contributed by atoms with E-state index in [0.717, 1.165) is 6.08 Å². The summed E-state index contributed by atoms with van der Waals surface area (Å²) < 4.78 is 21.3. The van der Waals surface area contributed by atoms with Gasteiger partial charge in [-0.05, 0) is 38.1 Å². The van der Waals surface area contributed by atoms with Gasteiger partial charge in [0.2, 0.25) is 0 Å². The van der Waals surface area contributed by atoms with Crippen molar-refractivity contribution in [2.75, 3.05) is 13.2 Å². The molecule has 6 heteroatoms. The van der Waals surface area contributed by atoms with Crippen LogP contribution in [0.25, 0.3) is 0 Å². The predicted octanol–water partition coefficient (Wildman–Crippen LogP) is 3.79. The van der Waals surface area contributed by atoms with Gasteiger partial charge in [-0.25, -0.2) is 9.59 Å². The van der Waals surface area contributed by atoms with Crippen molar-refractivity contribution in [1.29, 1.82) is 0 Å². The van der Waals surface area contributed by atoms with E-state index in [1.54, 1.807) is 31.2 Å². The number of ether oxygens (including phenoxy) is 4. The molecule has 2 aromatic rings. The largest absolute Gasteiger partial charge is 0.494 e. The third kappa shape index (κ3) is 5.11. The van der Waals surface area contributed by atoms with Gasteiger partial charge in [0.05, 0.1) is 13.2 Å². The lowest BCUT2D eigenvalue weighted by Gasteiger charge is -2.12. The normalized spacial score (nSPS) is 9.92. The van der Waals surface area contributed by atoms with E-state index in [1.807, 2.05) is 6.92 Å². The number of esters is 2. The second-order valence-corrected chi connectivity index (χ2v) is 5.01. The fourth-order valence-corrected chi connectivity index (χ4v) is 2.12. The molecule has 2 rings (SSSR count). The Bertz CT molecular complexity index is 797. The second kappa shape index (κ2) is 9.27. The summed E-state index contributed by atoms with van der Waals surface area (Å²) in [5.74, 6) is 0.264. The van der Waals surface area contributed by atoms with Crippen molar-refractivity contribution in [2.24, 2.45) is 0 Å². The van der Waals surface area contributed by atoms with Gasteiger partial charge in [-0.2, -0.15) is 0 Å². The molecule has 0 saturated carbocycles. The summed E-state index contributed by atoms with van der Waals surface area (Å²) in [6, 6.07) is 11.2. The third-order valence-corrected chi connectivity index (χ3v) is 3.18. The fraction of sp³-hybridized carbons (Fsp3) is 0.200. The van der Waals surface area contributed by atoms with Crippen LogP contribution in [-0.4, -0.2) is 25.2 Å². The number of carbonyl (C=O) groups is 2. The number of rotatable bonds is 8. The van der Waals surface area contributed by atoms with Crippen LogP contribution in [0, 0.1) is 0 Å². The molecule has 0 aliphatic heterocycles. The van der Waals surface area contributed by atoms with E-state index in [0.29, 0.717) is 24.7 Å². The topological polar surface area (TPSA) is 71.1 Å². The predicted molar refractivity (Wildman–Crippen MR) is 96.0 cm³/mol. The number of hydrogen-bond acceptors (Lipinski definition) is 6. The smallest absolute Gasteiger partial charge is 0.347 e. The van der Waals surface area contributed by atoms with Gasteiger partial charge in [0.25, 0.3) is 0 Å². The number of hydrogen-bond donors (Lipinski definition) is 0. The fourth-order valence-electron chi connectivity index (χ4n) is 2.12. The molecule has 0 aliphatic carbocycles. The summed E-state index contributed by atoms with van der Waals surface area (Å²) in [4.78, 5) is 23.8. The highest BCUT2D eigenvalue weighted by Crippen LogP contribution is 2.27. The molecule has 2 aromatic carbocycles. The van der Waals surface area contributed by atoms with Crippen LogP contribution in [-0.2, 0) is 4.79 Å². The van der Waals surface area contributed by atoms with Crippen molar-refractivity contribution in [2.45, 2.75) is 13.8 Å². The minimum Gasteiger partial charge on any atom is -0.494 e. The molecule has 0 saturated heterocycles. The van der Waals surface area contributed by atoms with Gasteiger partial charge >= 0.3 is 11.9 Å². The molecule has 0 heterocycles. The Morgan fingerprint density at radius 1 is 0.923 bits per heavy atom. The zero-order valence-electron chi connectivity index (χ0n) is 14.7. The minimum absolute atomic E-state index is 0.215. The Labute approximate surface area is 151 Å². The Morgan fingerprint density at radius 2 is 1.62 bits per heavy atom. The lowest BCUT2D eigenvalue weighted by Crippen LogP contribution is -2.12. The quantitative estimate of drug-likeness (QED) is 0.407. The maximum atomic E-state index is 12.5. The average molecular weight is 356 g/mol. The minimum atomic E-state index is -0.601. The van der Waals surface area contributed by atoms with E-state index in [-0.39, 0.29) is 17.1 Å². The lowest BCUT2D eigenvalue weighted by atomic mass is 10.2. The van der Waals surface area contributed by atoms with E-state index in [4.69, 9.17) is 18.9 Å². The van der Waals surface area contributed by atoms with Crippen molar-refractivity contribution in [3.8, 4) is 23.0 Å². The second-order valence-electron chi connectivity index (χ2n) is 5.01. The van der Waals surface area contributed by atoms with Gasteiger partial charge in [-0.15, -0.1) is 0 Å². The van der Waals surface area contributed by atoms with Crippen molar-refractivity contribution in [3.63, 3.8) is 0 Å². The molecule has 0 amide bonds. The first-order valence-corrected chi connectivity index (χ1v) is 8.13. The molecule has 0 radical (unpaired) electrons. The number of benzene rings is 2. The summed E-state index contributed by atoms with van der Waals surface area (Å²) in [5.41, 5.74) is 0.215. The molecule has 0 N–H and O–H groups in total. The van der Waals surface area contributed by atoms with E-state index in [9.17, 15) is 9.59 Å². The molecule has 0 atom stereocenters. The molecule has 6 nitrogen and oxygen atoms in total. The Balaban J connectivity index is 2.22. The van der Waals surface area contributed by atoms with E-state index in [2.05, 4.69) is 6.58 Å². The molecule has 0 unspecified atom stereocenters. The van der Waals surface area contributed by atoms with Gasteiger partial charge in [0, 0.05) is 18.2 Å². The molecule has 0 aliphatic rings. The van der Waals surface area contributed by atoms with Crippen molar-refractivity contribution < 1.29 is 28.5 Å². The molecule has 136 valence electrons. The zero-order valence-corrected chi connectivity index (χ0v) is 14.7. The van der Waals surface area contributed by atoms with Crippen LogP contribution in [0.5, 0.6) is 23.0 Å². The summed E-state index contributed by atoms with van der Waals surface area (Å²) in [6.45, 7) is 7.83. The Kier molecular flexibility index (Phi) is 6.79. The van der Waals surface area contributed by atoms with Crippen molar-refractivity contribution >= 4 is 11.9 Å². The van der Waals surface area contributed by atoms with Crippen LogP contribution in [0.15, 0.2) is 55.1 Å². The van der Waals surface area contributed by atoms with Crippen molar-refractivity contribution in [1.82, 2.24) is 0 Å². The standard InChI is InChI=1S/C20H20O6/c1-4-19(21)25-16-10-11-17(18(13-16)24-6-3)20(22)26-15-9-7-8-14(12-15)23-5-2/h4,7-13H,1,5-6H2,2-3H3. The SMILES string of the molecule is C=CC(=O)Oc1ccc(C(=O)Oc2cccc(OCC)c2)c(OCC)c1. The Morgan fingerprint density at radius 3 is 2.31 bits per heavy atom. The van der Waals surface area contributed by atoms with Crippen LogP contribution in [0.4, 0.5) is 0 Å². The molecule has 26 heavy (non-hydrogen) atoms. The van der Waals surface area contributed by atoms with Crippen LogP contribution in [0.3, 0.4) is 0 Å². The highest BCUT2D eigenvalue weighted by Gasteiger charge is 2.17. The summed E-state index contributed by atoms with van der Waals surface area (Å²) >= 11 is 0. The molecule has 0 bridgehead atoms. The van der Waals surface area contributed by atoms with Gasteiger partial charge in [-0.3, -0.25) is 0 Å². The summed E-state index contributed by atoms with van der Waals surface area (Å²) in [7, 11) is 0. The molecular weight excluding hydrogens is 336 g/mol. The van der Waals surface area contributed by atoms with Gasteiger partial charge < -0.3 is 18.9 Å². The van der Waals surface area contributed by atoms with E-state index < -0.39 is 11.9 Å². The lowest BCUT2D eigenvalue weighted by molar-refractivity contribution is -0.128. The van der Waals surface area contributed by atoms with Crippen LogP contribution in [0.1, 0.15) is 24.2 Å². The van der Waals surface area contributed by atoms with Crippen LogP contribution in [0.2, 0.25) is 0 Å². The van der Waals surface area contributed by atoms with E-state index >= 15 is 0 Å². The highest BCUT2D eigenvalue weighted by atomic mass is 16.5. The first-order valence-electron chi connectivity index (χ1n) is 8.13. The Hall–Kier alpha value is -3.28. The van der Waals surface area contributed by atoms with Crippen LogP contribution >= 0.6 is 0 Å². The monoisotopic (exact) mass is 356 g/mol. The van der Waals surface area contributed by atoms with Gasteiger partial charge in [0.15, 0.2) is 0 Å². The zero-order chi connectivity index (χ0) is 18.9. The van der Waals surface area contributed by atoms with Gasteiger partial charge in [-0.1, -0.05) is 12.6 Å². The highest BCUT2D eigenvalue weighted by molar-refractivity contribution is 5.94. The van der Waals surface area contributed by atoms with Gasteiger partial charge in [0.1, 0.15) is 28.6 Å². The van der Waals surface area contributed by atoms with Crippen LogP contribution < -0.4 is 18.9 Å². The summed E-state index contributed by atoms with van der Waals surface area (Å²) in [6.07, 6.45) is 1.05. The summed E-state index contributed by atoms with van der Waals surface area (Å²) in [5, 5.41) is 0. The number of carbonyl (C=O) groups excluding carboxylic acids is 2. The molecule has 0 fully saturated rings.